The fraction of sp³-hybridized carbons (Fsp3) is 0.217. The van der Waals surface area contributed by atoms with E-state index in [1.54, 1.807) is 25.3 Å². The van der Waals surface area contributed by atoms with Gasteiger partial charge in [-0.15, -0.1) is 0 Å². The number of methoxy groups -OCH3 is 2. The lowest BCUT2D eigenvalue weighted by molar-refractivity contribution is -0.113. The molecule has 0 spiro atoms. The molecule has 2 heterocycles. The Labute approximate surface area is 194 Å². The fourth-order valence-electron chi connectivity index (χ4n) is 3.28. The average molecular weight is 466 g/mol. The Morgan fingerprint density at radius 3 is 2.67 bits per heavy atom. The summed E-state index contributed by atoms with van der Waals surface area (Å²) in [5, 5.41) is 10.3. The maximum Gasteiger partial charge on any atom is 0.269 e. The van der Waals surface area contributed by atoms with Gasteiger partial charge in [0, 0.05) is 6.07 Å². The molecule has 10 heteroatoms. The number of hydrogen-bond donors (Lipinski definition) is 2. The highest BCUT2D eigenvalue weighted by Crippen LogP contribution is 2.29. The molecule has 0 aliphatic rings. The molecule has 0 aliphatic carbocycles. The number of ether oxygens (including phenoxy) is 2. The molecule has 0 saturated heterocycles. The Morgan fingerprint density at radius 1 is 1.12 bits per heavy atom. The highest BCUT2D eigenvalue weighted by molar-refractivity contribution is 7.99. The Hall–Kier alpha value is -3.79. The van der Waals surface area contributed by atoms with Crippen molar-refractivity contribution in [3.05, 3.63) is 64.1 Å². The number of nitrogens with zero attached hydrogens (tertiary/aromatic N) is 3. The predicted octanol–water partition coefficient (Wildman–Crippen LogP) is 3.47. The molecule has 0 saturated carbocycles. The number of carbonyl (C=O) groups excluding carboxylic acids is 1. The first-order chi connectivity index (χ1) is 15.9. The van der Waals surface area contributed by atoms with Crippen LogP contribution in [0.1, 0.15) is 11.1 Å². The maximum absolute atomic E-state index is 13.2. The number of aryl methyl sites for hydroxylation is 2. The minimum atomic E-state index is -0.269. The molecular formula is C23H23N5O4S. The number of thioether (sulfide) groups is 1. The summed E-state index contributed by atoms with van der Waals surface area (Å²) in [6, 6.07) is 10.9. The molecule has 0 bridgehead atoms. The molecule has 0 fully saturated rings. The standard InChI is InChI=1S/C23H23N5O4S/c1-13-5-6-15(9-14(13)2)28-22(30)17-11-24-27-21(17)26-23(28)33-12-20(29)25-18-8-7-16(31-3)10-19(18)32-4/h5-11H,12H2,1-4H3,(H,24,27)(H,25,29). The molecule has 2 aromatic heterocycles. The number of amides is 1. The van der Waals surface area contributed by atoms with Gasteiger partial charge in [-0.3, -0.25) is 19.3 Å². The molecule has 4 rings (SSSR count). The zero-order valence-electron chi connectivity index (χ0n) is 18.6. The molecule has 0 aliphatic heterocycles. The molecule has 0 radical (unpaired) electrons. The number of hydrogen-bond acceptors (Lipinski definition) is 7. The molecule has 2 aromatic carbocycles. The van der Waals surface area contributed by atoms with Gasteiger partial charge in [0.15, 0.2) is 10.8 Å². The van der Waals surface area contributed by atoms with Gasteiger partial charge in [-0.1, -0.05) is 17.8 Å². The van der Waals surface area contributed by atoms with Crippen molar-refractivity contribution in [1.82, 2.24) is 19.7 Å². The van der Waals surface area contributed by atoms with Crippen LogP contribution in [0.3, 0.4) is 0 Å². The van der Waals surface area contributed by atoms with E-state index < -0.39 is 0 Å². The Morgan fingerprint density at radius 2 is 1.94 bits per heavy atom. The van der Waals surface area contributed by atoms with E-state index in [1.807, 2.05) is 32.0 Å². The van der Waals surface area contributed by atoms with Crippen LogP contribution in [-0.2, 0) is 4.79 Å². The van der Waals surface area contributed by atoms with Crippen LogP contribution in [0.15, 0.2) is 52.5 Å². The smallest absolute Gasteiger partial charge is 0.269 e. The van der Waals surface area contributed by atoms with Gasteiger partial charge in [0.2, 0.25) is 5.91 Å². The summed E-state index contributed by atoms with van der Waals surface area (Å²) in [5.41, 5.74) is 3.49. The Balaban J connectivity index is 1.63. The number of aromatic nitrogens is 4. The maximum atomic E-state index is 13.2. The van der Waals surface area contributed by atoms with Gasteiger partial charge in [0.25, 0.3) is 5.56 Å². The van der Waals surface area contributed by atoms with Gasteiger partial charge in [-0.25, -0.2) is 4.98 Å². The second-order valence-corrected chi connectivity index (χ2v) is 8.28. The largest absolute Gasteiger partial charge is 0.497 e. The third kappa shape index (κ3) is 4.56. The third-order valence-electron chi connectivity index (χ3n) is 5.22. The minimum Gasteiger partial charge on any atom is -0.497 e. The van der Waals surface area contributed by atoms with E-state index >= 15 is 0 Å². The van der Waals surface area contributed by atoms with E-state index in [4.69, 9.17) is 9.47 Å². The van der Waals surface area contributed by atoms with Crippen molar-refractivity contribution < 1.29 is 14.3 Å². The van der Waals surface area contributed by atoms with Crippen molar-refractivity contribution in [2.45, 2.75) is 19.0 Å². The van der Waals surface area contributed by atoms with Gasteiger partial charge in [0.1, 0.15) is 16.9 Å². The van der Waals surface area contributed by atoms with Crippen molar-refractivity contribution >= 4 is 34.4 Å². The van der Waals surface area contributed by atoms with Gasteiger partial charge < -0.3 is 14.8 Å². The summed E-state index contributed by atoms with van der Waals surface area (Å²) in [7, 11) is 3.08. The quantitative estimate of drug-likeness (QED) is 0.318. The molecule has 0 atom stereocenters. The van der Waals surface area contributed by atoms with Gasteiger partial charge in [-0.05, 0) is 49.2 Å². The zero-order valence-corrected chi connectivity index (χ0v) is 19.4. The normalized spacial score (nSPS) is 10.9. The molecule has 2 N–H and O–H groups in total. The van der Waals surface area contributed by atoms with Crippen LogP contribution in [0.4, 0.5) is 5.69 Å². The lowest BCUT2D eigenvalue weighted by Gasteiger charge is -2.14. The average Bonchev–Trinajstić information content (AvgIpc) is 3.29. The fourth-order valence-corrected chi connectivity index (χ4v) is 4.09. The Bertz CT molecular complexity index is 1400. The number of anilines is 1. The van der Waals surface area contributed by atoms with Crippen molar-refractivity contribution in [2.24, 2.45) is 0 Å². The van der Waals surface area contributed by atoms with Gasteiger partial charge >= 0.3 is 0 Å². The molecule has 33 heavy (non-hydrogen) atoms. The Kier molecular flexibility index (Phi) is 6.36. The van der Waals surface area contributed by atoms with E-state index in [0.29, 0.717) is 39.1 Å². The highest BCUT2D eigenvalue weighted by atomic mass is 32.2. The second kappa shape index (κ2) is 9.37. The van der Waals surface area contributed by atoms with Gasteiger partial charge in [-0.2, -0.15) is 5.10 Å². The first-order valence-electron chi connectivity index (χ1n) is 10.1. The molecule has 1 amide bonds. The van der Waals surface area contributed by atoms with E-state index in [9.17, 15) is 9.59 Å². The number of fused-ring (bicyclic) bond motifs is 1. The van der Waals surface area contributed by atoms with E-state index in [0.717, 1.165) is 22.9 Å². The molecule has 9 nitrogen and oxygen atoms in total. The van der Waals surface area contributed by atoms with E-state index in [1.165, 1.54) is 17.9 Å². The topological polar surface area (TPSA) is 111 Å². The summed E-state index contributed by atoms with van der Waals surface area (Å²) in [5.74, 6) is 0.867. The number of benzene rings is 2. The third-order valence-corrected chi connectivity index (χ3v) is 6.15. The number of nitrogens with one attached hydrogen (secondary N) is 2. The molecule has 0 unspecified atom stereocenters. The minimum absolute atomic E-state index is 0.0338. The first-order valence-corrected chi connectivity index (χ1v) is 11.1. The van der Waals surface area contributed by atoms with Crippen molar-refractivity contribution in [3.63, 3.8) is 0 Å². The van der Waals surface area contributed by atoms with Crippen molar-refractivity contribution in [2.75, 3.05) is 25.3 Å². The van der Waals surface area contributed by atoms with Crippen LogP contribution in [0.5, 0.6) is 11.5 Å². The van der Waals surface area contributed by atoms with Crippen molar-refractivity contribution in [1.29, 1.82) is 0 Å². The number of rotatable bonds is 7. The number of aromatic amines is 1. The van der Waals surface area contributed by atoms with Crippen LogP contribution < -0.4 is 20.3 Å². The molecular weight excluding hydrogens is 442 g/mol. The summed E-state index contributed by atoms with van der Waals surface area (Å²) in [4.78, 5) is 30.5. The van der Waals surface area contributed by atoms with Crippen molar-refractivity contribution in [3.8, 4) is 17.2 Å². The monoisotopic (exact) mass is 465 g/mol. The zero-order chi connectivity index (χ0) is 23.5. The molecule has 170 valence electrons. The number of carbonyl (C=O) groups is 1. The van der Waals surface area contributed by atoms with E-state index in [2.05, 4.69) is 20.5 Å². The van der Waals surface area contributed by atoms with Crippen LogP contribution in [0.25, 0.3) is 16.7 Å². The molecule has 4 aromatic rings. The number of H-pyrrole nitrogens is 1. The lowest BCUT2D eigenvalue weighted by atomic mass is 10.1. The highest BCUT2D eigenvalue weighted by Gasteiger charge is 2.17. The van der Waals surface area contributed by atoms with E-state index in [-0.39, 0.29) is 17.2 Å². The first kappa shape index (κ1) is 22.4. The SMILES string of the molecule is COc1ccc(NC(=O)CSc2nc3[nH]ncc3c(=O)n2-c2ccc(C)c(C)c2)c(OC)c1. The van der Waals surface area contributed by atoms with Crippen LogP contribution in [-0.4, -0.2) is 45.6 Å². The van der Waals surface area contributed by atoms with Crippen LogP contribution >= 0.6 is 11.8 Å². The summed E-state index contributed by atoms with van der Waals surface area (Å²) >= 11 is 1.16. The predicted molar refractivity (Wildman–Crippen MR) is 128 cm³/mol. The van der Waals surface area contributed by atoms with Gasteiger partial charge in [0.05, 0.1) is 37.5 Å². The summed E-state index contributed by atoms with van der Waals surface area (Å²) in [6.07, 6.45) is 1.46. The summed E-state index contributed by atoms with van der Waals surface area (Å²) < 4.78 is 12.0. The van der Waals surface area contributed by atoms with Crippen LogP contribution in [0, 0.1) is 13.8 Å². The second-order valence-electron chi connectivity index (χ2n) is 7.34. The van der Waals surface area contributed by atoms with Crippen LogP contribution in [0.2, 0.25) is 0 Å². The summed E-state index contributed by atoms with van der Waals surface area (Å²) in [6.45, 7) is 3.99. The lowest BCUT2D eigenvalue weighted by Crippen LogP contribution is -2.22.